The van der Waals surface area contributed by atoms with Crippen molar-refractivity contribution >= 4 is 95.7 Å². The number of rotatable bonds is 58. The molecule has 0 fully saturated rings. The van der Waals surface area contributed by atoms with Gasteiger partial charge in [-0.05, 0) is 250 Å². The summed E-state index contributed by atoms with van der Waals surface area (Å²) in [5, 5.41) is 47.2. The van der Waals surface area contributed by atoms with E-state index in [1.54, 1.807) is 74.4 Å². The zero-order chi connectivity index (χ0) is 110. The molecule has 0 aliphatic carbocycles. The number of aliphatic hydroxyl groups excluding tert-OH is 2. The van der Waals surface area contributed by atoms with Crippen LogP contribution in [0.25, 0.3) is 0 Å². The largest absolute Gasteiger partial charge is 0.481 e. The number of hydrogen-bond donors (Lipinski definition) is 9. The predicted molar refractivity (Wildman–Crippen MR) is 548 cm³/mol. The molecule has 0 radical (unpaired) electrons. The first-order valence-corrected chi connectivity index (χ1v) is 50.7. The molecule has 0 aliphatic heterocycles. The number of urea groups is 1. The predicted octanol–water partition coefficient (Wildman–Crippen LogP) is 20.2. The summed E-state index contributed by atoms with van der Waals surface area (Å²) in [6.07, 6.45) is 19.8. The van der Waals surface area contributed by atoms with E-state index in [2.05, 4.69) is 54.3 Å². The van der Waals surface area contributed by atoms with Crippen molar-refractivity contribution in [3.05, 3.63) is 66.2 Å². The normalized spacial score (nSPS) is 11.7. The highest BCUT2D eigenvalue weighted by Crippen LogP contribution is 2.26. The summed E-state index contributed by atoms with van der Waals surface area (Å²) in [4.78, 5) is 175. The van der Waals surface area contributed by atoms with E-state index in [0.29, 0.717) is 108 Å². The fourth-order valence-electron chi connectivity index (χ4n) is 9.46. The Morgan fingerprint density at radius 2 is 0.690 bits per heavy atom. The quantitative estimate of drug-likeness (QED) is 0.0169. The lowest BCUT2D eigenvalue weighted by Crippen LogP contribution is -2.33. The third-order valence-electron chi connectivity index (χ3n) is 22.3. The first kappa shape index (κ1) is 145. The second kappa shape index (κ2) is 87.3. The number of aliphatic hydroxyl groups is 2. The van der Waals surface area contributed by atoms with Crippen molar-refractivity contribution in [3.63, 3.8) is 0 Å². The molecule has 0 spiro atoms. The topological polar surface area (TPSA) is 506 Å². The fraction of sp³-hybridized carbons (Fsp3) is 0.748. The number of carboxylic acid groups (broad SMARTS) is 2. The van der Waals surface area contributed by atoms with Gasteiger partial charge in [0.25, 0.3) is 0 Å². The van der Waals surface area contributed by atoms with Crippen molar-refractivity contribution in [2.75, 3.05) is 97.6 Å². The summed E-state index contributed by atoms with van der Waals surface area (Å²) in [5.74, 6) is -2.31. The number of para-hydroxylation sites is 1. The molecule has 0 aliphatic rings. The number of carbonyl (C=O) groups excluding carboxylic acids is 14. The molecule has 0 heterocycles. The van der Waals surface area contributed by atoms with E-state index in [1.165, 1.54) is 12.8 Å². The van der Waals surface area contributed by atoms with Gasteiger partial charge in [0, 0.05) is 37.5 Å². The molecule has 35 heteroatoms. The fourth-order valence-corrected chi connectivity index (χ4v) is 9.46. The third-order valence-corrected chi connectivity index (χ3v) is 22.3. The standard InChI is InChI=1S/2C23H43NO6.C14H20N2O3.C13H25NO4.C13H18O2.C9H18O3.C6H12O2.C5H10O2.CO2/c2*1-6-9-13-19(7-2)18-30-20(25)14-11-10-12-16-29-22(27)24-15-17-28-21(26)23(4,5)8-3;1-14(2,3)12(17)19-10-9-15-13(18)16-11-7-5-4-6-8-11;1-3-11(2)13(17)14-8-10-18-12(16)7-5-4-6-9-15;1-4-13(2,3)12(14)15-10-11-8-6-5-7-9-11;1-5-9(3,4)8(11)12-6-7(2)10;1-4-6(2,3)5(7)8;1-5(2,3)4(6)7;2-1-3/h2*19H,6-18H2,1-5H3,(H,24,27);4-8H,9-10H2,1-3H3,(H2,15,16,18);11,15H,3-10H2,1-2H3,(H,14,17);5-9H,4,10H2,1-3H3;7,10H,5-6H2,1-4H3;4H2,1-3H3,(H,7,8);1-3H3,(H,6,7);. The monoisotopic (exact) mass is 2020 g/mol. The van der Waals surface area contributed by atoms with Gasteiger partial charge in [0.05, 0.1) is 96.6 Å². The van der Waals surface area contributed by atoms with Gasteiger partial charge in [-0.15, -0.1) is 0 Å². The van der Waals surface area contributed by atoms with Gasteiger partial charge in [-0.3, -0.25) is 52.7 Å². The Labute approximate surface area is 850 Å². The molecule has 4 unspecified atom stereocenters. The molecular weight excluding hydrogens is 1840 g/mol. The second-order valence-electron chi connectivity index (χ2n) is 39.3. The SMILES string of the molecule is CC(C)(C)C(=O)O.CC(C)(C)C(=O)OCCNC(=O)Nc1ccccc1.CCC(C)(C)C(=O)O.CCC(C)(C)C(=O)OCC(C)O.CCC(C)(C)C(=O)OCc1ccccc1.CCC(C)C(=O)NCCOC(=O)CCCCCO.CCCCC(CC)COC(=O)CCCCCOC(=O)NCCOC(=O)C(C)(C)CC.CCCCC(CC)COC(=O)CCCCCOC(=O)NCCOC(=O)C(C)(C)CC.O=C=O. The molecule has 2 aromatic carbocycles. The number of amides is 5. The number of anilines is 1. The Hall–Kier alpha value is -10.3. The number of alkyl carbamates (subject to hydrolysis) is 2. The van der Waals surface area contributed by atoms with Gasteiger partial charge in [0.15, 0.2) is 0 Å². The summed E-state index contributed by atoms with van der Waals surface area (Å²) in [6, 6.07) is 18.5. The summed E-state index contributed by atoms with van der Waals surface area (Å²) in [7, 11) is 0. The van der Waals surface area contributed by atoms with E-state index >= 15 is 0 Å². The zero-order valence-electron chi connectivity index (χ0n) is 92.0. The molecule has 0 aromatic heterocycles. The molecule has 0 saturated carbocycles. The molecule has 5 amide bonds. The highest BCUT2D eigenvalue weighted by atomic mass is 16.6. The van der Waals surface area contributed by atoms with Crippen LogP contribution in [-0.4, -0.2) is 209 Å². The number of benzene rings is 2. The molecule has 9 N–H and O–H groups in total. The van der Waals surface area contributed by atoms with Gasteiger partial charge >= 0.3 is 84.1 Å². The van der Waals surface area contributed by atoms with Crippen molar-refractivity contribution in [2.24, 2.45) is 55.7 Å². The first-order valence-electron chi connectivity index (χ1n) is 50.7. The van der Waals surface area contributed by atoms with Crippen LogP contribution in [-0.2, 0) is 116 Å². The van der Waals surface area contributed by atoms with Crippen LogP contribution in [0.5, 0.6) is 0 Å². The highest BCUT2D eigenvalue weighted by Gasteiger charge is 2.31. The van der Waals surface area contributed by atoms with Gasteiger partial charge in [-0.2, -0.15) is 9.59 Å². The first-order chi connectivity index (χ1) is 66.3. The van der Waals surface area contributed by atoms with Crippen LogP contribution in [0.3, 0.4) is 0 Å². The molecule has 4 atom stereocenters. The summed E-state index contributed by atoms with van der Waals surface area (Å²) >= 11 is 0. The minimum absolute atomic E-state index is 0.000756. The van der Waals surface area contributed by atoms with E-state index in [0.717, 1.165) is 108 Å². The lowest BCUT2D eigenvalue weighted by molar-refractivity contribution is -0.192. The van der Waals surface area contributed by atoms with Gasteiger partial charge < -0.3 is 94.4 Å². The lowest BCUT2D eigenvalue weighted by Gasteiger charge is -2.20. The lowest BCUT2D eigenvalue weighted by atomic mass is 9.91. The van der Waals surface area contributed by atoms with Gasteiger partial charge in [-0.25, -0.2) is 14.4 Å². The minimum atomic E-state index is -0.757. The molecule has 0 saturated heterocycles. The van der Waals surface area contributed by atoms with E-state index in [1.807, 2.05) is 152 Å². The molecular formula is C107H189N5O30. The Bertz CT molecular complexity index is 3630. The van der Waals surface area contributed by atoms with E-state index in [9.17, 15) is 67.1 Å². The molecule has 35 nitrogen and oxygen atoms in total. The minimum Gasteiger partial charge on any atom is -0.481 e. The molecule has 142 heavy (non-hydrogen) atoms. The van der Waals surface area contributed by atoms with Crippen LogP contribution in [0.1, 0.15) is 366 Å². The van der Waals surface area contributed by atoms with Crippen LogP contribution in [0.2, 0.25) is 0 Å². The number of esters is 8. The second-order valence-corrected chi connectivity index (χ2v) is 39.3. The Kier molecular flexibility index (Phi) is 89.0. The van der Waals surface area contributed by atoms with Crippen molar-refractivity contribution in [3.8, 4) is 0 Å². The van der Waals surface area contributed by atoms with Crippen molar-refractivity contribution in [1.29, 1.82) is 0 Å². The molecule has 2 aromatic rings. The number of unbranched alkanes of at least 4 members (excludes halogenated alkanes) is 8. The van der Waals surface area contributed by atoms with Gasteiger partial charge in [-0.1, -0.05) is 170 Å². The maximum absolute atomic E-state index is 11.8. The summed E-state index contributed by atoms with van der Waals surface area (Å²) in [5.41, 5.74) is -1.75. The summed E-state index contributed by atoms with van der Waals surface area (Å²) < 4.78 is 51.3. The molecule has 2 rings (SSSR count). The van der Waals surface area contributed by atoms with Crippen molar-refractivity contribution < 1.29 is 145 Å². The smallest absolute Gasteiger partial charge is 0.407 e. The van der Waals surface area contributed by atoms with Gasteiger partial charge in [0.2, 0.25) is 5.91 Å². The summed E-state index contributed by atoms with van der Waals surface area (Å²) in [6.45, 7) is 56.1. The van der Waals surface area contributed by atoms with Crippen LogP contribution in [0.4, 0.5) is 20.1 Å². The van der Waals surface area contributed by atoms with E-state index < -0.39 is 62.7 Å². The number of hydrogen-bond acceptors (Lipinski definition) is 28. The third kappa shape index (κ3) is 87.5. The average Bonchev–Trinajstić information content (AvgIpc) is 0.792. The van der Waals surface area contributed by atoms with Crippen LogP contribution in [0, 0.1) is 55.7 Å². The Morgan fingerprint density at radius 3 is 1.02 bits per heavy atom. The van der Waals surface area contributed by atoms with Crippen molar-refractivity contribution in [2.45, 2.75) is 374 Å². The number of carbonyl (C=O) groups is 14. The highest BCUT2D eigenvalue weighted by molar-refractivity contribution is 5.89. The Morgan fingerprint density at radius 1 is 0.352 bits per heavy atom. The number of aliphatic carboxylic acids is 2. The molecule has 822 valence electrons. The van der Waals surface area contributed by atoms with Crippen LogP contribution in [0.15, 0.2) is 60.7 Å². The maximum atomic E-state index is 11.8. The number of ether oxygens (including phenoxy) is 10. The zero-order valence-corrected chi connectivity index (χ0v) is 92.0. The molecule has 0 bridgehead atoms. The van der Waals surface area contributed by atoms with Crippen LogP contribution >= 0.6 is 0 Å². The van der Waals surface area contributed by atoms with Crippen LogP contribution < -0.4 is 26.6 Å². The van der Waals surface area contributed by atoms with Crippen molar-refractivity contribution in [1.82, 2.24) is 21.3 Å². The number of nitrogens with one attached hydrogen (secondary N) is 5. The number of carboxylic acids is 2. The van der Waals surface area contributed by atoms with E-state index in [-0.39, 0.29) is 136 Å². The maximum Gasteiger partial charge on any atom is 0.407 e. The Balaban J connectivity index is -0.000000303. The van der Waals surface area contributed by atoms with E-state index in [4.69, 9.17) is 77.4 Å². The van der Waals surface area contributed by atoms with Gasteiger partial charge in [0.1, 0.15) is 39.6 Å². The average molecular weight is 2030 g/mol.